The first-order valence-corrected chi connectivity index (χ1v) is 8.19. The van der Waals surface area contributed by atoms with Crippen LogP contribution >= 0.6 is 0 Å². The SMILES string of the molecule is COC(=O)C1Cc2c([nH]c3ccccc23)C2(CCCCC2)N1. The van der Waals surface area contributed by atoms with Crippen molar-refractivity contribution in [2.24, 2.45) is 0 Å². The number of H-pyrrole nitrogens is 1. The summed E-state index contributed by atoms with van der Waals surface area (Å²) in [6.45, 7) is 0. The highest BCUT2D eigenvalue weighted by atomic mass is 16.5. The third kappa shape index (κ3) is 1.97. The molecule has 0 amide bonds. The minimum Gasteiger partial charge on any atom is -0.468 e. The number of hydrogen-bond acceptors (Lipinski definition) is 3. The molecule has 1 aromatic heterocycles. The van der Waals surface area contributed by atoms with E-state index in [1.807, 2.05) is 0 Å². The van der Waals surface area contributed by atoms with Gasteiger partial charge < -0.3 is 9.72 Å². The fourth-order valence-electron chi connectivity index (χ4n) is 4.32. The Hall–Kier alpha value is -1.81. The van der Waals surface area contributed by atoms with Crippen LogP contribution in [0.25, 0.3) is 10.9 Å². The van der Waals surface area contributed by atoms with Gasteiger partial charge in [-0.15, -0.1) is 0 Å². The maximum atomic E-state index is 12.2. The number of rotatable bonds is 1. The van der Waals surface area contributed by atoms with E-state index in [4.69, 9.17) is 4.74 Å². The van der Waals surface area contributed by atoms with Gasteiger partial charge in [0.2, 0.25) is 0 Å². The average Bonchev–Trinajstić information content (AvgIpc) is 2.95. The first-order valence-electron chi connectivity index (χ1n) is 8.19. The second-order valence-corrected chi connectivity index (χ2v) is 6.59. The maximum absolute atomic E-state index is 12.2. The fraction of sp³-hybridized carbons (Fsp3) is 0.500. The molecule has 1 aliphatic carbocycles. The molecule has 2 aliphatic rings. The second-order valence-electron chi connectivity index (χ2n) is 6.59. The first-order chi connectivity index (χ1) is 10.7. The molecule has 1 spiro atoms. The molecule has 0 radical (unpaired) electrons. The van der Waals surface area contributed by atoms with Gasteiger partial charge in [-0.3, -0.25) is 10.1 Å². The van der Waals surface area contributed by atoms with Gasteiger partial charge in [0.05, 0.1) is 12.6 Å². The highest BCUT2D eigenvalue weighted by molar-refractivity contribution is 5.87. The van der Waals surface area contributed by atoms with Crippen LogP contribution in [-0.2, 0) is 21.5 Å². The van der Waals surface area contributed by atoms with Gasteiger partial charge in [-0.25, -0.2) is 0 Å². The van der Waals surface area contributed by atoms with Gasteiger partial charge in [0.15, 0.2) is 0 Å². The maximum Gasteiger partial charge on any atom is 0.323 e. The van der Waals surface area contributed by atoms with Crippen molar-refractivity contribution in [1.29, 1.82) is 0 Å². The van der Waals surface area contributed by atoms with Crippen molar-refractivity contribution in [1.82, 2.24) is 10.3 Å². The minimum absolute atomic E-state index is 0.0935. The molecule has 22 heavy (non-hydrogen) atoms. The molecule has 1 unspecified atom stereocenters. The number of fused-ring (bicyclic) bond motifs is 4. The number of ether oxygens (including phenoxy) is 1. The summed E-state index contributed by atoms with van der Waals surface area (Å²) >= 11 is 0. The van der Waals surface area contributed by atoms with Gasteiger partial charge in [-0.05, 0) is 24.5 Å². The highest BCUT2D eigenvalue weighted by Crippen LogP contribution is 2.43. The molecule has 4 nitrogen and oxygen atoms in total. The lowest BCUT2D eigenvalue weighted by atomic mass is 9.74. The van der Waals surface area contributed by atoms with E-state index in [1.165, 1.54) is 48.5 Å². The Morgan fingerprint density at radius 1 is 1.23 bits per heavy atom. The van der Waals surface area contributed by atoms with Crippen LogP contribution in [-0.4, -0.2) is 24.1 Å². The van der Waals surface area contributed by atoms with Crippen molar-refractivity contribution < 1.29 is 9.53 Å². The van der Waals surface area contributed by atoms with Gasteiger partial charge in [0, 0.05) is 23.0 Å². The van der Waals surface area contributed by atoms with Crippen molar-refractivity contribution in [3.05, 3.63) is 35.5 Å². The number of para-hydroxylation sites is 1. The van der Waals surface area contributed by atoms with E-state index in [-0.39, 0.29) is 17.6 Å². The Morgan fingerprint density at radius 3 is 2.77 bits per heavy atom. The summed E-state index contributed by atoms with van der Waals surface area (Å²) in [7, 11) is 1.47. The quantitative estimate of drug-likeness (QED) is 0.796. The number of esters is 1. The van der Waals surface area contributed by atoms with E-state index in [2.05, 4.69) is 34.6 Å². The first kappa shape index (κ1) is 13.8. The number of nitrogens with one attached hydrogen (secondary N) is 2. The zero-order valence-electron chi connectivity index (χ0n) is 12.9. The third-order valence-corrected chi connectivity index (χ3v) is 5.34. The lowest BCUT2D eigenvalue weighted by Gasteiger charge is -2.44. The van der Waals surface area contributed by atoms with Crippen LogP contribution in [0.2, 0.25) is 0 Å². The number of hydrogen-bond donors (Lipinski definition) is 2. The summed E-state index contributed by atoms with van der Waals surface area (Å²) in [5.41, 5.74) is 3.67. The van der Waals surface area contributed by atoms with Crippen LogP contribution < -0.4 is 5.32 Å². The summed E-state index contributed by atoms with van der Waals surface area (Å²) in [6.07, 6.45) is 6.56. The van der Waals surface area contributed by atoms with Crippen LogP contribution in [0.3, 0.4) is 0 Å². The topological polar surface area (TPSA) is 54.1 Å². The Morgan fingerprint density at radius 2 is 2.00 bits per heavy atom. The molecule has 4 rings (SSSR count). The Balaban J connectivity index is 1.88. The molecule has 1 saturated carbocycles. The van der Waals surface area contributed by atoms with Gasteiger partial charge in [-0.2, -0.15) is 0 Å². The molecular formula is C18H22N2O2. The Kier molecular flexibility index (Phi) is 3.22. The van der Waals surface area contributed by atoms with Crippen molar-refractivity contribution >= 4 is 16.9 Å². The molecular weight excluding hydrogens is 276 g/mol. The summed E-state index contributed by atoms with van der Waals surface area (Å²) < 4.78 is 5.02. The number of aromatic nitrogens is 1. The molecule has 4 heteroatoms. The normalized spacial score (nSPS) is 23.4. The Bertz CT molecular complexity index is 713. The lowest BCUT2D eigenvalue weighted by Crippen LogP contribution is -2.56. The average molecular weight is 298 g/mol. The largest absolute Gasteiger partial charge is 0.468 e. The zero-order chi connectivity index (χ0) is 15.2. The van der Waals surface area contributed by atoms with Crippen LogP contribution in [0.4, 0.5) is 0 Å². The molecule has 116 valence electrons. The summed E-state index contributed by atoms with van der Waals surface area (Å²) in [6, 6.07) is 8.16. The molecule has 1 aromatic carbocycles. The van der Waals surface area contributed by atoms with Gasteiger partial charge in [-0.1, -0.05) is 37.5 Å². The summed E-state index contributed by atoms with van der Waals surface area (Å²) in [4.78, 5) is 15.8. The van der Waals surface area contributed by atoms with E-state index in [0.717, 1.165) is 12.8 Å². The number of aromatic amines is 1. The van der Waals surface area contributed by atoms with E-state index >= 15 is 0 Å². The molecule has 0 bridgehead atoms. The fourth-order valence-corrected chi connectivity index (χ4v) is 4.32. The number of carbonyl (C=O) groups is 1. The molecule has 1 aliphatic heterocycles. The molecule has 2 N–H and O–H groups in total. The van der Waals surface area contributed by atoms with Crippen molar-refractivity contribution in [3.63, 3.8) is 0 Å². The van der Waals surface area contributed by atoms with Crippen molar-refractivity contribution in [2.45, 2.75) is 50.1 Å². The van der Waals surface area contributed by atoms with Crippen LogP contribution in [0.5, 0.6) is 0 Å². The van der Waals surface area contributed by atoms with E-state index in [9.17, 15) is 4.79 Å². The van der Waals surface area contributed by atoms with E-state index < -0.39 is 0 Å². The highest BCUT2D eigenvalue weighted by Gasteiger charge is 2.44. The predicted molar refractivity (Wildman–Crippen MR) is 85.7 cm³/mol. The van der Waals surface area contributed by atoms with Crippen LogP contribution in [0, 0.1) is 0 Å². The second kappa shape index (κ2) is 5.13. The van der Waals surface area contributed by atoms with Gasteiger partial charge >= 0.3 is 5.97 Å². The minimum atomic E-state index is -0.241. The third-order valence-electron chi connectivity index (χ3n) is 5.34. The van der Waals surface area contributed by atoms with Crippen LogP contribution in [0.15, 0.2) is 24.3 Å². The molecule has 0 saturated heterocycles. The Labute approximate surface area is 130 Å². The smallest absolute Gasteiger partial charge is 0.323 e. The van der Waals surface area contributed by atoms with Crippen molar-refractivity contribution in [3.8, 4) is 0 Å². The monoisotopic (exact) mass is 298 g/mol. The molecule has 2 heterocycles. The molecule has 1 fully saturated rings. The van der Waals surface area contributed by atoms with Gasteiger partial charge in [0.25, 0.3) is 0 Å². The number of benzene rings is 1. The van der Waals surface area contributed by atoms with Gasteiger partial charge in [0.1, 0.15) is 6.04 Å². The van der Waals surface area contributed by atoms with E-state index in [1.54, 1.807) is 0 Å². The summed E-state index contributed by atoms with van der Waals surface area (Å²) in [5, 5.41) is 4.88. The predicted octanol–water partition coefficient (Wildman–Crippen LogP) is 3.01. The summed E-state index contributed by atoms with van der Waals surface area (Å²) in [5.74, 6) is -0.152. The molecule has 1 atom stereocenters. The van der Waals surface area contributed by atoms with E-state index in [0.29, 0.717) is 6.42 Å². The standard InChI is InChI=1S/C18H22N2O2/c1-22-17(21)15-11-13-12-7-3-4-8-14(12)19-16(13)18(20-15)9-5-2-6-10-18/h3-4,7-8,15,19-20H,2,5-6,9-11H2,1H3. The zero-order valence-corrected chi connectivity index (χ0v) is 12.9. The van der Waals surface area contributed by atoms with Crippen LogP contribution in [0.1, 0.15) is 43.4 Å². The lowest BCUT2D eigenvalue weighted by molar-refractivity contribution is -0.144. The number of carbonyl (C=O) groups excluding carboxylic acids is 1. The molecule has 2 aromatic rings. The van der Waals surface area contributed by atoms with Crippen molar-refractivity contribution in [2.75, 3.05) is 7.11 Å². The number of methoxy groups -OCH3 is 1.